The van der Waals surface area contributed by atoms with Gasteiger partial charge < -0.3 is 9.85 Å². The van der Waals surface area contributed by atoms with Gasteiger partial charge >= 0.3 is 0 Å². The van der Waals surface area contributed by atoms with Crippen LogP contribution >= 0.6 is 0 Å². The Morgan fingerprint density at radius 3 is 1.47 bits per heavy atom. The largest absolute Gasteiger partial charge is 0.633 e. The summed E-state index contributed by atoms with van der Waals surface area (Å²) in [5.41, 5.74) is -0.0443. The van der Waals surface area contributed by atoms with Crippen LogP contribution in [0.3, 0.4) is 0 Å². The van der Waals surface area contributed by atoms with E-state index in [2.05, 4.69) is 6.92 Å². The van der Waals surface area contributed by atoms with E-state index in [1.165, 1.54) is 44.9 Å². The van der Waals surface area contributed by atoms with Crippen LogP contribution in [0.4, 0.5) is 0 Å². The predicted octanol–water partition coefficient (Wildman–Crippen LogP) is 3.84. The molecule has 1 aliphatic carbocycles. The molecule has 0 aromatic heterocycles. The van der Waals surface area contributed by atoms with Crippen molar-refractivity contribution in [2.24, 2.45) is 0 Å². The molecule has 15 heavy (non-hydrogen) atoms. The summed E-state index contributed by atoms with van der Waals surface area (Å²) in [7, 11) is 3.62. The quantitative estimate of drug-likeness (QED) is 0.479. The van der Waals surface area contributed by atoms with E-state index in [4.69, 9.17) is 0 Å². The first kappa shape index (κ1) is 13.0. The summed E-state index contributed by atoms with van der Waals surface area (Å²) in [4.78, 5) is 0. The first-order chi connectivity index (χ1) is 6.96. The van der Waals surface area contributed by atoms with E-state index < -0.39 is 0 Å². The number of hydrogen-bond donors (Lipinski definition) is 0. The normalized spacial score (nSPS) is 24.8. The minimum absolute atomic E-state index is 0.0443. The van der Waals surface area contributed by atoms with Crippen molar-refractivity contribution in [2.75, 3.05) is 14.1 Å². The zero-order chi connectivity index (χ0) is 11.4. The van der Waals surface area contributed by atoms with Crippen molar-refractivity contribution < 1.29 is 4.65 Å². The molecule has 0 aromatic rings. The molecule has 0 amide bonds. The van der Waals surface area contributed by atoms with Gasteiger partial charge in [-0.25, -0.2) is 0 Å². The van der Waals surface area contributed by atoms with E-state index in [0.717, 1.165) is 12.8 Å². The summed E-state index contributed by atoms with van der Waals surface area (Å²) in [6.45, 7) is 2.18. The van der Waals surface area contributed by atoms with Gasteiger partial charge in [-0.3, -0.25) is 0 Å². The second kappa shape index (κ2) is 5.31. The van der Waals surface area contributed by atoms with Crippen LogP contribution in [-0.4, -0.2) is 24.3 Å². The molecular weight excluding hydrogens is 186 g/mol. The number of rotatable bonds is 1. The standard InChI is InChI=1S/C13H27NO/c1-13(14(2,3)15)11-9-7-5-4-6-8-10-12-13/h4-12H2,1-3H3. The molecule has 0 bridgehead atoms. The van der Waals surface area contributed by atoms with Crippen molar-refractivity contribution in [3.63, 3.8) is 0 Å². The highest BCUT2D eigenvalue weighted by Gasteiger charge is 2.34. The molecular formula is C13H27NO. The van der Waals surface area contributed by atoms with Gasteiger partial charge in [-0.15, -0.1) is 0 Å². The molecule has 1 aliphatic rings. The topological polar surface area (TPSA) is 23.1 Å². The Morgan fingerprint density at radius 2 is 1.13 bits per heavy atom. The second-order valence-electron chi connectivity index (χ2n) is 5.82. The Labute approximate surface area is 94.8 Å². The number of hydrogen-bond acceptors (Lipinski definition) is 1. The van der Waals surface area contributed by atoms with Gasteiger partial charge in [0.1, 0.15) is 0 Å². The van der Waals surface area contributed by atoms with Gasteiger partial charge in [-0.1, -0.05) is 32.1 Å². The number of nitrogens with zero attached hydrogens (tertiary/aromatic N) is 1. The van der Waals surface area contributed by atoms with E-state index in [0.29, 0.717) is 0 Å². The molecule has 1 fully saturated rings. The maximum absolute atomic E-state index is 12.2. The lowest BCUT2D eigenvalue weighted by Crippen LogP contribution is -2.53. The van der Waals surface area contributed by atoms with Crippen molar-refractivity contribution in [3.8, 4) is 0 Å². The van der Waals surface area contributed by atoms with E-state index in [1.807, 2.05) is 14.1 Å². The predicted molar refractivity (Wildman–Crippen MR) is 65.4 cm³/mol. The molecule has 2 heteroatoms. The van der Waals surface area contributed by atoms with Gasteiger partial charge in [0.2, 0.25) is 0 Å². The average molecular weight is 213 g/mol. The zero-order valence-electron chi connectivity index (χ0n) is 10.7. The van der Waals surface area contributed by atoms with Gasteiger partial charge in [-0.2, -0.15) is 0 Å². The lowest BCUT2D eigenvalue weighted by atomic mass is 9.85. The molecule has 0 saturated heterocycles. The van der Waals surface area contributed by atoms with Gasteiger partial charge in [0, 0.05) is 12.8 Å². The zero-order valence-corrected chi connectivity index (χ0v) is 10.7. The van der Waals surface area contributed by atoms with E-state index in [9.17, 15) is 5.21 Å². The summed E-state index contributed by atoms with van der Waals surface area (Å²) < 4.78 is -0.118. The molecule has 1 saturated carbocycles. The maximum atomic E-state index is 12.2. The Balaban J connectivity index is 2.58. The monoisotopic (exact) mass is 213 g/mol. The molecule has 0 N–H and O–H groups in total. The molecule has 0 aliphatic heterocycles. The molecule has 0 spiro atoms. The summed E-state index contributed by atoms with van der Waals surface area (Å²) >= 11 is 0. The first-order valence-corrected chi connectivity index (χ1v) is 6.51. The van der Waals surface area contributed by atoms with Gasteiger partial charge in [0.25, 0.3) is 0 Å². The molecule has 0 unspecified atom stereocenters. The number of quaternary nitrogens is 1. The Hall–Kier alpha value is -0.0800. The third kappa shape index (κ3) is 3.76. The lowest BCUT2D eigenvalue weighted by Gasteiger charge is -2.51. The average Bonchev–Trinajstić information content (AvgIpc) is 2.14. The molecule has 0 aromatic carbocycles. The summed E-state index contributed by atoms with van der Waals surface area (Å²) in [5.74, 6) is 0. The van der Waals surface area contributed by atoms with Gasteiger partial charge in [0.15, 0.2) is 0 Å². The fourth-order valence-electron chi connectivity index (χ4n) is 2.56. The van der Waals surface area contributed by atoms with Crippen molar-refractivity contribution >= 4 is 0 Å². The highest BCUT2D eigenvalue weighted by atomic mass is 16.5. The highest BCUT2D eigenvalue weighted by molar-refractivity contribution is 4.77. The van der Waals surface area contributed by atoms with Crippen LogP contribution in [-0.2, 0) is 0 Å². The van der Waals surface area contributed by atoms with E-state index >= 15 is 0 Å². The van der Waals surface area contributed by atoms with Crippen LogP contribution in [0.2, 0.25) is 0 Å². The van der Waals surface area contributed by atoms with Gasteiger partial charge in [0.05, 0.1) is 19.6 Å². The van der Waals surface area contributed by atoms with Crippen molar-refractivity contribution in [1.82, 2.24) is 0 Å². The molecule has 0 heterocycles. The SMILES string of the molecule is CC1([N+](C)(C)[O-])CCCCCCCCC1. The van der Waals surface area contributed by atoms with Crippen LogP contribution in [0.15, 0.2) is 0 Å². The van der Waals surface area contributed by atoms with Crippen LogP contribution in [0.5, 0.6) is 0 Å². The van der Waals surface area contributed by atoms with Crippen LogP contribution < -0.4 is 0 Å². The smallest absolute Gasteiger partial charge is 0.0957 e. The van der Waals surface area contributed by atoms with Crippen molar-refractivity contribution in [2.45, 2.75) is 70.3 Å². The van der Waals surface area contributed by atoms with Crippen LogP contribution in [0.1, 0.15) is 64.7 Å². The second-order valence-corrected chi connectivity index (χ2v) is 5.82. The fraction of sp³-hybridized carbons (Fsp3) is 1.00. The summed E-state index contributed by atoms with van der Waals surface area (Å²) in [6.07, 6.45) is 11.4. The molecule has 90 valence electrons. The van der Waals surface area contributed by atoms with E-state index in [-0.39, 0.29) is 10.2 Å². The Kier molecular flexibility index (Phi) is 4.60. The summed E-state index contributed by atoms with van der Waals surface area (Å²) in [5, 5.41) is 12.2. The van der Waals surface area contributed by atoms with Crippen molar-refractivity contribution in [1.29, 1.82) is 0 Å². The van der Waals surface area contributed by atoms with Crippen molar-refractivity contribution in [3.05, 3.63) is 5.21 Å². The summed E-state index contributed by atoms with van der Waals surface area (Å²) in [6, 6.07) is 0. The molecule has 1 rings (SSSR count). The lowest BCUT2D eigenvalue weighted by molar-refractivity contribution is -0.894. The maximum Gasteiger partial charge on any atom is 0.0957 e. The highest BCUT2D eigenvalue weighted by Crippen LogP contribution is 2.32. The van der Waals surface area contributed by atoms with Crippen LogP contribution in [0, 0.1) is 5.21 Å². The van der Waals surface area contributed by atoms with Gasteiger partial charge in [-0.05, 0) is 19.8 Å². The molecule has 0 radical (unpaired) electrons. The Morgan fingerprint density at radius 1 is 0.800 bits per heavy atom. The Bertz CT molecular complexity index is 173. The first-order valence-electron chi connectivity index (χ1n) is 6.51. The number of hydroxylamine groups is 3. The van der Waals surface area contributed by atoms with Crippen LogP contribution in [0.25, 0.3) is 0 Å². The minimum Gasteiger partial charge on any atom is -0.633 e. The third-order valence-electron chi connectivity index (χ3n) is 4.23. The van der Waals surface area contributed by atoms with E-state index in [1.54, 1.807) is 0 Å². The fourth-order valence-corrected chi connectivity index (χ4v) is 2.56. The third-order valence-corrected chi connectivity index (χ3v) is 4.23. The molecule has 0 atom stereocenters. The molecule has 2 nitrogen and oxygen atoms in total. The minimum atomic E-state index is -0.118.